The van der Waals surface area contributed by atoms with Crippen LogP contribution < -0.4 is 10.5 Å². The van der Waals surface area contributed by atoms with Crippen LogP contribution >= 0.6 is 0 Å². The minimum atomic E-state index is -0.0912. The second-order valence-corrected chi connectivity index (χ2v) is 5.17. The van der Waals surface area contributed by atoms with E-state index in [9.17, 15) is 0 Å². The Morgan fingerprint density at radius 1 is 1.24 bits per heavy atom. The summed E-state index contributed by atoms with van der Waals surface area (Å²) in [7, 11) is 1.84. The Balaban J connectivity index is 1.99. The molecule has 0 amide bonds. The number of rotatable bonds is 4. The molecule has 0 saturated carbocycles. The molecular weight excluding hydrogens is 264 g/mol. The summed E-state index contributed by atoms with van der Waals surface area (Å²) in [6.07, 6.45) is 1.84. The first-order chi connectivity index (χ1) is 10.1. The highest BCUT2D eigenvalue weighted by Crippen LogP contribution is 2.33. The molecule has 3 rings (SSSR count). The van der Waals surface area contributed by atoms with E-state index in [2.05, 4.69) is 22.4 Å². The van der Waals surface area contributed by atoms with E-state index in [0.717, 1.165) is 27.8 Å². The van der Waals surface area contributed by atoms with E-state index in [1.807, 2.05) is 44.4 Å². The zero-order valence-electron chi connectivity index (χ0n) is 12.2. The third-order valence-corrected chi connectivity index (χ3v) is 3.42. The Morgan fingerprint density at radius 2 is 2.05 bits per heavy atom. The summed E-state index contributed by atoms with van der Waals surface area (Å²) in [6, 6.07) is 12.1. The van der Waals surface area contributed by atoms with E-state index in [4.69, 9.17) is 10.5 Å². The summed E-state index contributed by atoms with van der Waals surface area (Å²) in [5, 5.41) is 10.2. The molecule has 21 heavy (non-hydrogen) atoms. The van der Waals surface area contributed by atoms with Gasteiger partial charge in [-0.15, -0.1) is 5.10 Å². The molecule has 3 aromatic rings. The maximum atomic E-state index is 6.07. The van der Waals surface area contributed by atoms with E-state index in [0.29, 0.717) is 6.61 Å². The van der Waals surface area contributed by atoms with Crippen molar-refractivity contribution in [3.05, 3.63) is 53.9 Å². The van der Waals surface area contributed by atoms with E-state index in [1.54, 1.807) is 4.68 Å². The fourth-order valence-electron chi connectivity index (χ4n) is 2.39. The predicted molar refractivity (Wildman–Crippen MR) is 81.9 cm³/mol. The molecule has 0 unspecified atom stereocenters. The van der Waals surface area contributed by atoms with Gasteiger partial charge in [0.05, 0.1) is 6.20 Å². The van der Waals surface area contributed by atoms with Crippen LogP contribution in [-0.4, -0.2) is 15.0 Å². The molecule has 0 radical (unpaired) electrons. The summed E-state index contributed by atoms with van der Waals surface area (Å²) in [4.78, 5) is 0. The van der Waals surface area contributed by atoms with Gasteiger partial charge in [0.25, 0.3) is 0 Å². The Bertz CT molecular complexity index is 764. The number of fused-ring (bicyclic) bond motifs is 1. The quantitative estimate of drug-likeness (QED) is 0.798. The van der Waals surface area contributed by atoms with Gasteiger partial charge in [0, 0.05) is 24.0 Å². The van der Waals surface area contributed by atoms with Crippen molar-refractivity contribution in [2.45, 2.75) is 19.6 Å². The molecule has 2 N–H and O–H groups in total. The average molecular weight is 282 g/mol. The number of aryl methyl sites for hydroxylation is 1. The molecule has 1 aromatic heterocycles. The second kappa shape index (κ2) is 5.54. The molecule has 0 aliphatic rings. The molecule has 5 nitrogen and oxygen atoms in total. The SMILES string of the molecule is C[C@H](N)c1ccc2ccccc2c1OCc1cn(C)nn1. The van der Waals surface area contributed by atoms with Crippen LogP contribution in [0.5, 0.6) is 5.75 Å². The van der Waals surface area contributed by atoms with E-state index in [1.165, 1.54) is 0 Å². The van der Waals surface area contributed by atoms with Gasteiger partial charge in [-0.25, -0.2) is 0 Å². The summed E-state index contributed by atoms with van der Waals surface area (Å²) in [6.45, 7) is 2.33. The molecule has 0 saturated heterocycles. The van der Waals surface area contributed by atoms with Crippen LogP contribution in [-0.2, 0) is 13.7 Å². The lowest BCUT2D eigenvalue weighted by Gasteiger charge is -2.16. The highest BCUT2D eigenvalue weighted by atomic mass is 16.5. The first-order valence-electron chi connectivity index (χ1n) is 6.90. The van der Waals surface area contributed by atoms with Crippen molar-refractivity contribution in [3.63, 3.8) is 0 Å². The average Bonchev–Trinajstić information content (AvgIpc) is 2.90. The van der Waals surface area contributed by atoms with Gasteiger partial charge >= 0.3 is 0 Å². The minimum Gasteiger partial charge on any atom is -0.486 e. The van der Waals surface area contributed by atoms with Crippen molar-refractivity contribution in [2.75, 3.05) is 0 Å². The van der Waals surface area contributed by atoms with Gasteiger partial charge in [-0.2, -0.15) is 0 Å². The number of aromatic nitrogens is 3. The molecular formula is C16H18N4O. The van der Waals surface area contributed by atoms with Gasteiger partial charge in [0.15, 0.2) is 0 Å². The molecule has 1 atom stereocenters. The first-order valence-corrected chi connectivity index (χ1v) is 6.90. The van der Waals surface area contributed by atoms with Crippen molar-refractivity contribution in [1.82, 2.24) is 15.0 Å². The molecule has 2 aromatic carbocycles. The number of ether oxygens (including phenoxy) is 1. The molecule has 0 bridgehead atoms. The normalized spacial score (nSPS) is 12.5. The summed E-state index contributed by atoms with van der Waals surface area (Å²) < 4.78 is 7.68. The highest BCUT2D eigenvalue weighted by Gasteiger charge is 2.13. The van der Waals surface area contributed by atoms with Crippen LogP contribution in [0.1, 0.15) is 24.2 Å². The van der Waals surface area contributed by atoms with Crippen molar-refractivity contribution in [2.24, 2.45) is 12.8 Å². The number of hydrogen-bond acceptors (Lipinski definition) is 4. The van der Waals surface area contributed by atoms with Gasteiger partial charge in [0.1, 0.15) is 18.1 Å². The fraction of sp³-hybridized carbons (Fsp3) is 0.250. The molecule has 0 fully saturated rings. The van der Waals surface area contributed by atoms with Crippen LogP contribution in [0, 0.1) is 0 Å². The third kappa shape index (κ3) is 2.73. The maximum Gasteiger partial charge on any atom is 0.134 e. The Hall–Kier alpha value is -2.40. The summed E-state index contributed by atoms with van der Waals surface area (Å²) in [5.41, 5.74) is 7.86. The largest absolute Gasteiger partial charge is 0.486 e. The number of nitrogens with zero attached hydrogens (tertiary/aromatic N) is 3. The monoisotopic (exact) mass is 282 g/mol. The Morgan fingerprint density at radius 3 is 2.76 bits per heavy atom. The summed E-state index contributed by atoms with van der Waals surface area (Å²) in [5.74, 6) is 0.828. The fourth-order valence-corrected chi connectivity index (χ4v) is 2.39. The smallest absolute Gasteiger partial charge is 0.134 e. The molecule has 0 spiro atoms. The molecule has 5 heteroatoms. The van der Waals surface area contributed by atoms with E-state index in [-0.39, 0.29) is 6.04 Å². The third-order valence-electron chi connectivity index (χ3n) is 3.42. The number of benzene rings is 2. The molecule has 108 valence electrons. The van der Waals surface area contributed by atoms with Crippen molar-refractivity contribution < 1.29 is 4.74 Å². The van der Waals surface area contributed by atoms with Gasteiger partial charge in [-0.1, -0.05) is 41.6 Å². The van der Waals surface area contributed by atoms with Crippen LogP contribution in [0.2, 0.25) is 0 Å². The minimum absolute atomic E-state index is 0.0912. The molecule has 0 aliphatic carbocycles. The van der Waals surface area contributed by atoms with Crippen molar-refractivity contribution in [1.29, 1.82) is 0 Å². The van der Waals surface area contributed by atoms with E-state index >= 15 is 0 Å². The molecule has 0 aliphatic heterocycles. The highest BCUT2D eigenvalue weighted by molar-refractivity contribution is 5.89. The van der Waals surface area contributed by atoms with Crippen LogP contribution in [0.25, 0.3) is 10.8 Å². The van der Waals surface area contributed by atoms with Gasteiger partial charge in [-0.05, 0) is 12.3 Å². The lowest BCUT2D eigenvalue weighted by Crippen LogP contribution is -2.08. The van der Waals surface area contributed by atoms with Gasteiger partial charge in [0.2, 0.25) is 0 Å². The zero-order valence-corrected chi connectivity index (χ0v) is 12.2. The second-order valence-electron chi connectivity index (χ2n) is 5.17. The first kappa shape index (κ1) is 13.6. The van der Waals surface area contributed by atoms with Gasteiger partial charge in [-0.3, -0.25) is 4.68 Å². The zero-order chi connectivity index (χ0) is 14.8. The maximum absolute atomic E-state index is 6.07. The lowest BCUT2D eigenvalue weighted by atomic mass is 10.0. The van der Waals surface area contributed by atoms with Crippen molar-refractivity contribution >= 4 is 10.8 Å². The van der Waals surface area contributed by atoms with Crippen LogP contribution in [0.3, 0.4) is 0 Å². The van der Waals surface area contributed by atoms with Crippen LogP contribution in [0.15, 0.2) is 42.6 Å². The predicted octanol–water partition coefficient (Wildman–Crippen LogP) is 2.57. The lowest BCUT2D eigenvalue weighted by molar-refractivity contribution is 0.300. The van der Waals surface area contributed by atoms with Crippen molar-refractivity contribution in [3.8, 4) is 5.75 Å². The number of hydrogen-bond donors (Lipinski definition) is 1. The van der Waals surface area contributed by atoms with Crippen LogP contribution in [0.4, 0.5) is 0 Å². The topological polar surface area (TPSA) is 66.0 Å². The number of nitrogens with two attached hydrogens (primary N) is 1. The Kier molecular flexibility index (Phi) is 3.58. The Labute approximate surface area is 123 Å². The van der Waals surface area contributed by atoms with Gasteiger partial charge < -0.3 is 10.5 Å². The van der Waals surface area contributed by atoms with E-state index < -0.39 is 0 Å². The summed E-state index contributed by atoms with van der Waals surface area (Å²) >= 11 is 0. The standard InChI is InChI=1S/C16H18N4O/c1-11(17)14-8-7-12-5-3-4-6-15(12)16(14)21-10-13-9-20(2)19-18-13/h3-9,11H,10,17H2,1-2H3/t11-/m0/s1. The molecule has 1 heterocycles.